The summed E-state index contributed by atoms with van der Waals surface area (Å²) in [5, 5.41) is 12.8. The molecule has 5 rings (SSSR count). The molecule has 26 heavy (non-hydrogen) atoms. The summed E-state index contributed by atoms with van der Waals surface area (Å²) in [6, 6.07) is 2.03. The number of rotatable bonds is 3. The van der Waals surface area contributed by atoms with Gasteiger partial charge in [0.15, 0.2) is 5.65 Å². The van der Waals surface area contributed by atoms with E-state index in [4.69, 9.17) is 4.98 Å². The minimum atomic E-state index is -0.0234. The van der Waals surface area contributed by atoms with Crippen LogP contribution < -0.4 is 0 Å². The van der Waals surface area contributed by atoms with E-state index < -0.39 is 0 Å². The van der Waals surface area contributed by atoms with Crippen molar-refractivity contribution >= 4 is 33.1 Å². The lowest BCUT2D eigenvalue weighted by molar-refractivity contribution is 0.0831. The summed E-state index contributed by atoms with van der Waals surface area (Å²) in [5.74, 6) is 1.14. The van der Waals surface area contributed by atoms with Crippen molar-refractivity contribution in [1.82, 2.24) is 34.7 Å². The van der Waals surface area contributed by atoms with Crippen molar-refractivity contribution in [2.24, 2.45) is 0 Å². The summed E-state index contributed by atoms with van der Waals surface area (Å²) in [6.07, 6.45) is 4.06. The predicted octanol–water partition coefficient (Wildman–Crippen LogP) is 2.62. The fourth-order valence-electron chi connectivity index (χ4n) is 3.10. The summed E-state index contributed by atoms with van der Waals surface area (Å²) >= 11 is 1.39. The SMILES string of the molecule is Cc1c(C(=O)N(C)C)sc2ncn3nc(-c4cc(C5CC5)[nH]n4)nc3c12. The molecule has 0 atom stereocenters. The Balaban J connectivity index is 1.67. The zero-order chi connectivity index (χ0) is 18.0. The maximum absolute atomic E-state index is 12.4. The van der Waals surface area contributed by atoms with E-state index in [1.807, 2.05) is 13.0 Å². The lowest BCUT2D eigenvalue weighted by Gasteiger charge is -2.08. The van der Waals surface area contributed by atoms with Crippen LogP contribution in [0.2, 0.25) is 0 Å². The van der Waals surface area contributed by atoms with Crippen LogP contribution in [0.1, 0.15) is 39.7 Å². The second-order valence-electron chi connectivity index (χ2n) is 6.87. The monoisotopic (exact) mass is 367 g/mol. The Hall–Kier alpha value is -2.81. The lowest BCUT2D eigenvalue weighted by atomic mass is 10.2. The Morgan fingerprint density at radius 1 is 1.38 bits per heavy atom. The molecule has 1 aliphatic rings. The van der Waals surface area contributed by atoms with Gasteiger partial charge in [-0.25, -0.2) is 14.5 Å². The van der Waals surface area contributed by atoms with Crippen molar-refractivity contribution in [2.45, 2.75) is 25.7 Å². The van der Waals surface area contributed by atoms with E-state index in [0.29, 0.717) is 22.3 Å². The molecule has 4 aromatic rings. The van der Waals surface area contributed by atoms with Gasteiger partial charge < -0.3 is 4.90 Å². The van der Waals surface area contributed by atoms with Crippen LogP contribution in [-0.2, 0) is 0 Å². The van der Waals surface area contributed by atoms with E-state index in [9.17, 15) is 4.79 Å². The molecule has 4 heterocycles. The number of aromatic nitrogens is 6. The average Bonchev–Trinajstić information content (AvgIpc) is 3.06. The first-order valence-electron chi connectivity index (χ1n) is 8.44. The molecular weight excluding hydrogens is 350 g/mol. The predicted molar refractivity (Wildman–Crippen MR) is 98.5 cm³/mol. The first-order valence-corrected chi connectivity index (χ1v) is 9.26. The summed E-state index contributed by atoms with van der Waals surface area (Å²) < 4.78 is 1.66. The van der Waals surface area contributed by atoms with Gasteiger partial charge in [0, 0.05) is 25.7 Å². The van der Waals surface area contributed by atoms with Gasteiger partial charge in [-0.3, -0.25) is 9.89 Å². The molecule has 0 aliphatic heterocycles. The molecule has 1 amide bonds. The number of aromatic amines is 1. The quantitative estimate of drug-likeness (QED) is 0.601. The molecule has 8 nitrogen and oxygen atoms in total. The standard InChI is InChI=1S/C17H17N7OS/c1-8-12-15-19-14(11-6-10(20-21-11)9-4-5-9)22-24(15)7-18-16(12)26-13(8)17(25)23(2)3/h6-7,9H,4-5H2,1-3H3,(H,20,21). The highest BCUT2D eigenvalue weighted by molar-refractivity contribution is 7.20. The van der Waals surface area contributed by atoms with Crippen molar-refractivity contribution in [3.05, 3.63) is 28.5 Å². The fourth-order valence-corrected chi connectivity index (χ4v) is 4.27. The van der Waals surface area contributed by atoms with Crippen molar-refractivity contribution in [2.75, 3.05) is 14.1 Å². The van der Waals surface area contributed by atoms with Gasteiger partial charge in [0.2, 0.25) is 5.82 Å². The molecule has 0 bridgehead atoms. The van der Waals surface area contributed by atoms with Gasteiger partial charge in [-0.1, -0.05) is 0 Å². The molecule has 132 valence electrons. The van der Waals surface area contributed by atoms with Crippen LogP contribution in [0.4, 0.5) is 0 Å². The number of carbonyl (C=O) groups is 1. The Labute approximate surface area is 152 Å². The van der Waals surface area contributed by atoms with Gasteiger partial charge in [0.25, 0.3) is 5.91 Å². The molecule has 1 fully saturated rings. The fraction of sp³-hybridized carbons (Fsp3) is 0.353. The third-order valence-corrected chi connectivity index (χ3v) is 5.90. The average molecular weight is 367 g/mol. The highest BCUT2D eigenvalue weighted by Gasteiger charge is 2.27. The highest BCUT2D eigenvalue weighted by atomic mass is 32.1. The largest absolute Gasteiger partial charge is 0.344 e. The van der Waals surface area contributed by atoms with Crippen molar-refractivity contribution in [3.63, 3.8) is 0 Å². The van der Waals surface area contributed by atoms with Crippen LogP contribution in [0, 0.1) is 6.92 Å². The Kier molecular flexibility index (Phi) is 3.17. The van der Waals surface area contributed by atoms with E-state index in [-0.39, 0.29) is 5.91 Å². The topological polar surface area (TPSA) is 92.1 Å². The van der Waals surface area contributed by atoms with Gasteiger partial charge in [-0.2, -0.15) is 5.10 Å². The van der Waals surface area contributed by atoms with Crippen LogP contribution >= 0.6 is 11.3 Å². The van der Waals surface area contributed by atoms with Crippen LogP contribution in [0.5, 0.6) is 0 Å². The number of hydrogen-bond donors (Lipinski definition) is 1. The van der Waals surface area contributed by atoms with E-state index in [0.717, 1.165) is 27.2 Å². The van der Waals surface area contributed by atoms with E-state index in [1.165, 1.54) is 24.2 Å². The maximum Gasteiger partial charge on any atom is 0.263 e. The maximum atomic E-state index is 12.4. The number of fused-ring (bicyclic) bond motifs is 3. The van der Waals surface area contributed by atoms with Gasteiger partial charge in [-0.05, 0) is 31.4 Å². The highest BCUT2D eigenvalue weighted by Crippen LogP contribution is 2.40. The first kappa shape index (κ1) is 15.4. The summed E-state index contributed by atoms with van der Waals surface area (Å²) in [4.78, 5) is 24.6. The zero-order valence-corrected chi connectivity index (χ0v) is 15.5. The number of thiophene rings is 1. The molecule has 1 aliphatic carbocycles. The second kappa shape index (κ2) is 5.34. The number of aryl methyl sites for hydroxylation is 1. The van der Waals surface area contributed by atoms with Gasteiger partial charge >= 0.3 is 0 Å². The normalized spacial score (nSPS) is 14.4. The number of amides is 1. The number of nitrogens with one attached hydrogen (secondary N) is 1. The second-order valence-corrected chi connectivity index (χ2v) is 7.87. The Morgan fingerprint density at radius 3 is 2.92 bits per heavy atom. The number of H-pyrrole nitrogens is 1. The van der Waals surface area contributed by atoms with Gasteiger partial charge in [-0.15, -0.1) is 16.4 Å². The summed E-state index contributed by atoms with van der Waals surface area (Å²) in [6.45, 7) is 1.94. The van der Waals surface area contributed by atoms with Crippen LogP contribution in [0.3, 0.4) is 0 Å². The molecule has 0 aromatic carbocycles. The molecule has 1 N–H and O–H groups in total. The smallest absolute Gasteiger partial charge is 0.263 e. The molecule has 1 saturated carbocycles. The molecule has 9 heteroatoms. The number of nitrogens with zero attached hydrogens (tertiary/aromatic N) is 6. The Bertz CT molecular complexity index is 1160. The molecule has 0 radical (unpaired) electrons. The molecule has 4 aromatic heterocycles. The lowest BCUT2D eigenvalue weighted by Crippen LogP contribution is -2.21. The van der Waals surface area contributed by atoms with Crippen LogP contribution in [0.25, 0.3) is 27.4 Å². The number of hydrogen-bond acceptors (Lipinski definition) is 6. The number of carbonyl (C=O) groups excluding carboxylic acids is 1. The van der Waals surface area contributed by atoms with E-state index in [1.54, 1.807) is 29.8 Å². The molecule has 0 spiro atoms. The van der Waals surface area contributed by atoms with E-state index in [2.05, 4.69) is 20.3 Å². The first-order chi connectivity index (χ1) is 12.5. The summed E-state index contributed by atoms with van der Waals surface area (Å²) in [5.41, 5.74) is 3.47. The van der Waals surface area contributed by atoms with E-state index >= 15 is 0 Å². The molecular formula is C17H17N7OS. The molecule has 0 unspecified atom stereocenters. The van der Waals surface area contributed by atoms with Crippen LogP contribution in [-0.4, -0.2) is 54.7 Å². The summed E-state index contributed by atoms with van der Waals surface area (Å²) in [7, 11) is 3.50. The minimum Gasteiger partial charge on any atom is -0.344 e. The third kappa shape index (κ3) is 2.23. The van der Waals surface area contributed by atoms with Gasteiger partial charge in [0.1, 0.15) is 16.9 Å². The minimum absolute atomic E-state index is 0.0234. The van der Waals surface area contributed by atoms with Crippen LogP contribution in [0.15, 0.2) is 12.4 Å². The zero-order valence-electron chi connectivity index (χ0n) is 14.6. The van der Waals surface area contributed by atoms with Crippen molar-refractivity contribution in [1.29, 1.82) is 0 Å². The third-order valence-electron chi connectivity index (χ3n) is 4.71. The van der Waals surface area contributed by atoms with Crippen molar-refractivity contribution < 1.29 is 4.79 Å². The van der Waals surface area contributed by atoms with Crippen molar-refractivity contribution in [3.8, 4) is 11.5 Å². The van der Waals surface area contributed by atoms with Gasteiger partial charge in [0.05, 0.1) is 10.3 Å². The Morgan fingerprint density at radius 2 is 2.19 bits per heavy atom. The molecule has 0 saturated heterocycles.